The average Bonchev–Trinajstić information content (AvgIpc) is 2.58. The Morgan fingerprint density at radius 1 is 1.22 bits per heavy atom. The fraction of sp³-hybridized carbons (Fsp3) is 0.167. The molecule has 2 aromatic carbocycles. The Labute approximate surface area is 140 Å². The first-order valence-corrected chi connectivity index (χ1v) is 7.43. The van der Waals surface area contributed by atoms with Crippen molar-refractivity contribution in [3.8, 4) is 17.6 Å². The largest absolute Gasteiger partial charge is 0.481 e. The first kappa shape index (κ1) is 16.9. The number of aliphatic hydroxyl groups excluding tert-OH is 1. The molecule has 0 bridgehead atoms. The van der Waals surface area contributed by atoms with Crippen molar-refractivity contribution in [3.63, 3.8) is 0 Å². The molecule has 0 saturated carbocycles. The number of ether oxygens (including phenoxy) is 1. The average molecular weight is 330 g/mol. The van der Waals surface area contributed by atoms with Gasteiger partial charge in [-0.2, -0.15) is 0 Å². The summed E-state index contributed by atoms with van der Waals surface area (Å²) in [6, 6.07) is 14.0. The van der Waals surface area contributed by atoms with Crippen molar-refractivity contribution in [1.29, 1.82) is 0 Å². The fourth-order valence-corrected chi connectivity index (χ4v) is 1.92. The molecule has 0 atom stereocenters. The van der Waals surface area contributed by atoms with Gasteiger partial charge in [0.05, 0.1) is 6.61 Å². The molecule has 118 valence electrons. The Balaban J connectivity index is 1.91. The van der Waals surface area contributed by atoms with Crippen molar-refractivity contribution in [2.45, 2.75) is 0 Å². The lowest BCUT2D eigenvalue weighted by Gasteiger charge is -2.06. The molecule has 2 aromatic rings. The van der Waals surface area contributed by atoms with Crippen molar-refractivity contribution < 1.29 is 14.6 Å². The molecule has 5 heteroatoms. The summed E-state index contributed by atoms with van der Waals surface area (Å²) < 4.78 is 5.52. The van der Waals surface area contributed by atoms with Gasteiger partial charge in [-0.3, -0.25) is 4.79 Å². The number of aliphatic hydroxyl groups is 1. The van der Waals surface area contributed by atoms with Crippen LogP contribution in [-0.4, -0.2) is 30.8 Å². The third-order valence-corrected chi connectivity index (χ3v) is 3.13. The van der Waals surface area contributed by atoms with Gasteiger partial charge in [0.2, 0.25) is 0 Å². The number of amides is 1. The minimum Gasteiger partial charge on any atom is -0.481 e. The quantitative estimate of drug-likeness (QED) is 0.829. The summed E-state index contributed by atoms with van der Waals surface area (Å²) in [7, 11) is 0. The van der Waals surface area contributed by atoms with Crippen LogP contribution < -0.4 is 10.1 Å². The number of benzene rings is 2. The summed E-state index contributed by atoms with van der Waals surface area (Å²) in [5, 5.41) is 12.0. The number of hydrogen-bond acceptors (Lipinski definition) is 3. The van der Waals surface area contributed by atoms with E-state index in [-0.39, 0.29) is 25.7 Å². The molecule has 23 heavy (non-hydrogen) atoms. The van der Waals surface area contributed by atoms with Crippen molar-refractivity contribution in [1.82, 2.24) is 5.32 Å². The molecular formula is C18H16ClNO3. The third-order valence-electron chi connectivity index (χ3n) is 2.88. The molecule has 0 unspecified atom stereocenters. The van der Waals surface area contributed by atoms with Crippen molar-refractivity contribution in [2.75, 3.05) is 19.8 Å². The van der Waals surface area contributed by atoms with E-state index in [2.05, 4.69) is 17.2 Å². The van der Waals surface area contributed by atoms with Gasteiger partial charge in [0.1, 0.15) is 12.4 Å². The minimum absolute atomic E-state index is 0.0950. The van der Waals surface area contributed by atoms with E-state index in [1.54, 1.807) is 36.4 Å². The molecule has 0 radical (unpaired) electrons. The minimum atomic E-state index is -0.253. The molecule has 0 aromatic heterocycles. The van der Waals surface area contributed by atoms with Crippen molar-refractivity contribution >= 4 is 17.5 Å². The molecule has 0 saturated heterocycles. The van der Waals surface area contributed by atoms with Crippen LogP contribution in [0.1, 0.15) is 15.9 Å². The van der Waals surface area contributed by atoms with Gasteiger partial charge >= 0.3 is 0 Å². The van der Waals surface area contributed by atoms with E-state index in [9.17, 15) is 4.79 Å². The van der Waals surface area contributed by atoms with Crippen LogP contribution in [0.4, 0.5) is 0 Å². The van der Waals surface area contributed by atoms with Gasteiger partial charge in [-0.1, -0.05) is 29.5 Å². The number of nitrogens with one attached hydrogen (secondary N) is 1. The van der Waals surface area contributed by atoms with Gasteiger partial charge in [0, 0.05) is 22.7 Å². The summed E-state index contributed by atoms with van der Waals surface area (Å²) >= 11 is 5.81. The first-order valence-electron chi connectivity index (χ1n) is 7.05. The second kappa shape index (κ2) is 8.84. The van der Waals surface area contributed by atoms with Crippen LogP contribution >= 0.6 is 11.6 Å². The van der Waals surface area contributed by atoms with Gasteiger partial charge in [-0.05, 0) is 42.5 Å². The van der Waals surface area contributed by atoms with E-state index in [1.165, 1.54) is 0 Å². The van der Waals surface area contributed by atoms with Gasteiger partial charge in [0.15, 0.2) is 0 Å². The number of hydrogen-bond donors (Lipinski definition) is 2. The highest BCUT2D eigenvalue weighted by Crippen LogP contribution is 2.13. The molecule has 0 spiro atoms. The molecule has 0 aliphatic rings. The Kier molecular flexibility index (Phi) is 6.49. The molecule has 0 fully saturated rings. The molecule has 2 rings (SSSR count). The fourth-order valence-electron chi connectivity index (χ4n) is 1.79. The number of halogens is 1. The normalized spacial score (nSPS) is 9.65. The van der Waals surface area contributed by atoms with E-state index in [1.807, 2.05) is 12.1 Å². The first-order chi connectivity index (χ1) is 11.2. The second-order valence-electron chi connectivity index (χ2n) is 4.60. The van der Waals surface area contributed by atoms with E-state index >= 15 is 0 Å². The highest BCUT2D eigenvalue weighted by Gasteiger charge is 2.05. The molecule has 2 N–H and O–H groups in total. The molecule has 4 nitrogen and oxygen atoms in total. The van der Waals surface area contributed by atoms with E-state index in [0.29, 0.717) is 16.3 Å². The van der Waals surface area contributed by atoms with Crippen LogP contribution in [-0.2, 0) is 0 Å². The number of carbonyl (C=O) groups is 1. The molecule has 0 heterocycles. The topological polar surface area (TPSA) is 58.6 Å². The molecule has 0 aliphatic heterocycles. The smallest absolute Gasteiger partial charge is 0.251 e. The van der Waals surface area contributed by atoms with E-state index < -0.39 is 0 Å². The maximum absolute atomic E-state index is 11.8. The predicted molar refractivity (Wildman–Crippen MR) is 89.7 cm³/mol. The van der Waals surface area contributed by atoms with Crippen LogP contribution in [0.3, 0.4) is 0 Å². The monoisotopic (exact) mass is 329 g/mol. The number of rotatable bonds is 5. The molecule has 0 aliphatic carbocycles. The van der Waals surface area contributed by atoms with Gasteiger partial charge in [-0.15, -0.1) is 0 Å². The zero-order valence-corrected chi connectivity index (χ0v) is 13.1. The summed E-state index contributed by atoms with van der Waals surface area (Å²) in [6.45, 7) is 0.336. The Hall–Kier alpha value is -2.48. The second-order valence-corrected chi connectivity index (χ2v) is 5.04. The molecular weight excluding hydrogens is 314 g/mol. The summed E-state index contributed by atoms with van der Waals surface area (Å²) in [5.74, 6) is 6.18. The van der Waals surface area contributed by atoms with E-state index in [0.717, 1.165) is 5.56 Å². The summed E-state index contributed by atoms with van der Waals surface area (Å²) in [5.41, 5.74) is 1.33. The Morgan fingerprint density at radius 3 is 2.74 bits per heavy atom. The highest BCUT2D eigenvalue weighted by molar-refractivity contribution is 6.30. The van der Waals surface area contributed by atoms with Crippen molar-refractivity contribution in [3.05, 3.63) is 64.7 Å². The van der Waals surface area contributed by atoms with Crippen molar-refractivity contribution in [2.24, 2.45) is 0 Å². The van der Waals surface area contributed by atoms with E-state index in [4.69, 9.17) is 21.4 Å². The maximum atomic E-state index is 11.8. The lowest BCUT2D eigenvalue weighted by molar-refractivity contribution is 0.0944. The van der Waals surface area contributed by atoms with Crippen LogP contribution in [0, 0.1) is 11.8 Å². The van der Waals surface area contributed by atoms with Gasteiger partial charge in [0.25, 0.3) is 5.91 Å². The van der Waals surface area contributed by atoms with Crippen LogP contribution in [0.2, 0.25) is 5.02 Å². The maximum Gasteiger partial charge on any atom is 0.251 e. The zero-order chi connectivity index (χ0) is 16.5. The Morgan fingerprint density at radius 2 is 2.00 bits per heavy atom. The number of carbonyl (C=O) groups excluding carboxylic acids is 1. The standard InChI is InChI=1S/C18H16ClNO3/c19-16-8-6-14(7-9-16)3-2-12-23-17-5-1-4-15(13-17)18(22)20-10-11-21/h1,4-9,13,21H,10-12H2,(H,20,22). The third kappa shape index (κ3) is 5.67. The summed E-state index contributed by atoms with van der Waals surface area (Å²) in [6.07, 6.45) is 0. The van der Waals surface area contributed by atoms with Gasteiger partial charge < -0.3 is 15.2 Å². The van der Waals surface area contributed by atoms with Crippen LogP contribution in [0.5, 0.6) is 5.75 Å². The summed E-state index contributed by atoms with van der Waals surface area (Å²) in [4.78, 5) is 11.8. The lowest BCUT2D eigenvalue weighted by Crippen LogP contribution is -2.26. The Bertz CT molecular complexity index is 717. The highest BCUT2D eigenvalue weighted by atomic mass is 35.5. The lowest BCUT2D eigenvalue weighted by atomic mass is 10.2. The zero-order valence-electron chi connectivity index (χ0n) is 12.4. The van der Waals surface area contributed by atoms with Gasteiger partial charge in [-0.25, -0.2) is 0 Å². The van der Waals surface area contributed by atoms with Crippen LogP contribution in [0.15, 0.2) is 48.5 Å². The van der Waals surface area contributed by atoms with Crippen LogP contribution in [0.25, 0.3) is 0 Å². The predicted octanol–water partition coefficient (Wildman–Crippen LogP) is 2.49. The molecule has 1 amide bonds. The SMILES string of the molecule is O=C(NCCO)c1cccc(OCC#Cc2ccc(Cl)cc2)c1.